The molecule has 0 atom stereocenters. The summed E-state index contributed by atoms with van der Waals surface area (Å²) >= 11 is 0. The molecule has 11 aromatic carbocycles. The Balaban J connectivity index is 0.000000256. The Labute approximate surface area is 735 Å². The first-order valence-electron chi connectivity index (χ1n) is 43.7. The lowest BCUT2D eigenvalue weighted by Gasteiger charge is -2.40. The van der Waals surface area contributed by atoms with E-state index in [9.17, 15) is 0 Å². The van der Waals surface area contributed by atoms with Crippen LogP contribution in [0, 0.1) is 0 Å². The molecule has 0 spiro atoms. The minimum atomic E-state index is 0. The molecule has 0 saturated carbocycles. The lowest BCUT2D eigenvalue weighted by molar-refractivity contribution is 0.525. The minimum absolute atomic E-state index is 0. The van der Waals surface area contributed by atoms with Gasteiger partial charge in [0.05, 0.1) is 0 Å². The van der Waals surface area contributed by atoms with Crippen molar-refractivity contribution >= 4 is 51.2 Å². The summed E-state index contributed by atoms with van der Waals surface area (Å²) < 4.78 is 0. The molecular weight excluding hydrogens is 1450 g/mol. The maximum Gasteiger partial charge on any atom is 0.0453 e. The monoisotopic (exact) mass is 1610 g/mol. The zero-order valence-electron chi connectivity index (χ0n) is 81.0. The number of hydrogen-bond donors (Lipinski definition) is 0. The van der Waals surface area contributed by atoms with E-state index in [1.54, 1.807) is 0 Å². The number of hydrogen-bond acceptors (Lipinski definition) is 5. The van der Waals surface area contributed by atoms with Crippen LogP contribution in [-0.2, 0) is 32.5 Å². The van der Waals surface area contributed by atoms with E-state index in [1.807, 2.05) is 0 Å². The molecule has 5 nitrogen and oxygen atoms in total. The van der Waals surface area contributed by atoms with Crippen molar-refractivity contribution in [2.24, 2.45) is 0 Å². The van der Waals surface area contributed by atoms with Crippen molar-refractivity contribution in [3.8, 4) is 11.1 Å². The third-order valence-corrected chi connectivity index (χ3v) is 21.2. The van der Waals surface area contributed by atoms with Gasteiger partial charge >= 0.3 is 0 Å². The van der Waals surface area contributed by atoms with Crippen LogP contribution >= 0.6 is 0 Å². The van der Waals surface area contributed by atoms with E-state index in [4.69, 9.17) is 0 Å². The van der Waals surface area contributed by atoms with Crippen molar-refractivity contribution in [1.29, 1.82) is 0 Å². The molecule has 5 heteroatoms. The van der Waals surface area contributed by atoms with Crippen LogP contribution in [-0.4, -0.2) is 34.7 Å². The summed E-state index contributed by atoms with van der Waals surface area (Å²) in [5.41, 5.74) is 25.0. The molecule has 11 rings (SSSR count). The summed E-state index contributed by atoms with van der Waals surface area (Å²) in [4.78, 5) is 12.1. The molecule has 0 bridgehead atoms. The quantitative estimate of drug-likeness (QED) is 0.128. The second-order valence-electron chi connectivity index (χ2n) is 43.5. The Kier molecular flexibility index (Phi) is 34.8. The molecular formula is C115H161N5. The summed E-state index contributed by atoms with van der Waals surface area (Å²) in [7, 11) is 2.17. The van der Waals surface area contributed by atoms with Gasteiger partial charge in [0.15, 0.2) is 0 Å². The molecule has 0 aliphatic carbocycles. The van der Waals surface area contributed by atoms with E-state index in [2.05, 4.69) is 565 Å². The summed E-state index contributed by atoms with van der Waals surface area (Å²) in [6.07, 6.45) is 0. The predicted molar refractivity (Wildman–Crippen MR) is 539 cm³/mol. The van der Waals surface area contributed by atoms with Gasteiger partial charge in [-0.05, 0) is 271 Å². The number of para-hydroxylation sites is 9. The molecule has 0 unspecified atom stereocenters. The van der Waals surface area contributed by atoms with Gasteiger partial charge in [0.1, 0.15) is 0 Å². The van der Waals surface area contributed by atoms with Crippen molar-refractivity contribution in [2.75, 3.05) is 31.5 Å². The van der Waals surface area contributed by atoms with Crippen molar-refractivity contribution in [1.82, 2.24) is 0 Å². The molecule has 0 amide bonds. The molecule has 0 fully saturated rings. The highest BCUT2D eigenvalue weighted by molar-refractivity contribution is 5.75. The van der Waals surface area contributed by atoms with Crippen LogP contribution in [0.2, 0.25) is 0 Å². The molecule has 0 saturated heterocycles. The molecule has 0 radical (unpaired) electrons. The molecule has 0 N–H and O–H groups in total. The van der Waals surface area contributed by atoms with Crippen LogP contribution < -0.4 is 24.5 Å². The number of rotatable bonds is 11. The van der Waals surface area contributed by atoms with E-state index < -0.39 is 0 Å². The Morgan fingerprint density at radius 2 is 0.358 bits per heavy atom. The SMILES string of the molecule is C.CC(C)(C)c1ccccc1N(c1ccccc1)C(C)(C)C.CC(C)(C)c1ccccc1N(c1ccccc1)C(C)(C)C.CC(C)(C)c1ccccc1N(c1ccccc1)C(C)(C)C.CC(C)(C)c1ccccc1N(c1ccccc1)C(C)(C)C.CC(C)c1ccccc1-c1ccccc1C(C)(C)C.CN(c1ccccc1C(C)(C)C)C(C)(C)C. The third-order valence-electron chi connectivity index (χ3n) is 21.2. The van der Waals surface area contributed by atoms with Crippen molar-refractivity contribution in [3.05, 3.63) is 330 Å². The fourth-order valence-corrected chi connectivity index (χ4v) is 15.4. The number of anilines is 9. The van der Waals surface area contributed by atoms with Gasteiger partial charge in [0.25, 0.3) is 0 Å². The highest BCUT2D eigenvalue weighted by atomic mass is 15.2. The van der Waals surface area contributed by atoms with Crippen molar-refractivity contribution in [3.63, 3.8) is 0 Å². The first-order chi connectivity index (χ1) is 54.9. The van der Waals surface area contributed by atoms with Gasteiger partial charge in [0.2, 0.25) is 0 Å². The van der Waals surface area contributed by atoms with E-state index in [0.717, 1.165) is 0 Å². The zero-order valence-corrected chi connectivity index (χ0v) is 81.0. The Bertz CT molecular complexity index is 4410. The molecule has 646 valence electrons. The van der Waals surface area contributed by atoms with Gasteiger partial charge in [-0.15, -0.1) is 0 Å². The Morgan fingerprint density at radius 3 is 0.567 bits per heavy atom. The summed E-state index contributed by atoms with van der Waals surface area (Å²) in [5, 5.41) is 0. The Hall–Kier alpha value is -9.58. The first kappa shape index (κ1) is 101. The van der Waals surface area contributed by atoms with Gasteiger partial charge in [0, 0.05) is 85.9 Å². The Morgan fingerprint density at radius 1 is 0.183 bits per heavy atom. The van der Waals surface area contributed by atoms with Gasteiger partial charge in [-0.25, -0.2) is 0 Å². The third kappa shape index (κ3) is 28.5. The van der Waals surface area contributed by atoms with Crippen LogP contribution in [0.3, 0.4) is 0 Å². The molecule has 0 heterocycles. The van der Waals surface area contributed by atoms with E-state index >= 15 is 0 Å². The van der Waals surface area contributed by atoms with E-state index in [1.165, 1.54) is 101 Å². The van der Waals surface area contributed by atoms with Crippen molar-refractivity contribution in [2.45, 2.75) is 316 Å². The normalized spacial score (nSPS) is 12.2. The zero-order chi connectivity index (χ0) is 89.3. The molecule has 0 aromatic heterocycles. The van der Waals surface area contributed by atoms with Crippen LogP contribution in [0.25, 0.3) is 11.1 Å². The van der Waals surface area contributed by atoms with Crippen LogP contribution in [0.5, 0.6) is 0 Å². The average molecular weight is 1610 g/mol. The summed E-state index contributed by atoms with van der Waals surface area (Å²) in [6.45, 7) is 79.4. The van der Waals surface area contributed by atoms with Gasteiger partial charge in [-0.1, -0.05) is 358 Å². The lowest BCUT2D eigenvalue weighted by Crippen LogP contribution is -2.39. The number of nitrogens with zero attached hydrogens (tertiary/aromatic N) is 5. The highest BCUT2D eigenvalue weighted by Crippen LogP contribution is 2.46. The second-order valence-corrected chi connectivity index (χ2v) is 43.5. The topological polar surface area (TPSA) is 16.2 Å². The molecule has 120 heavy (non-hydrogen) atoms. The first-order valence-corrected chi connectivity index (χ1v) is 43.7. The standard InChI is InChI=1S/4C20H27N.C19H24.C15H25N.CH4/c4*1-19(2,3)17-14-10-11-15-18(17)21(20(4,5)6)16-12-8-7-9-13-16;1-14(2)15-10-6-7-11-16(15)17-12-8-9-13-18(17)19(3,4)5;1-14(2,3)12-10-8-9-11-13(12)16(7)15(4,5)6;/h4*7-15H,1-6H3;6-14H,1-5H3;8-11H,1-7H3;1H4. The largest absolute Gasteiger partial charge is 0.370 e. The fraction of sp³-hybridized carbons (Fsp3) is 0.426. The van der Waals surface area contributed by atoms with E-state index in [-0.39, 0.29) is 67.6 Å². The lowest BCUT2D eigenvalue weighted by atomic mass is 9.80. The minimum Gasteiger partial charge on any atom is -0.370 e. The van der Waals surface area contributed by atoms with Crippen LogP contribution in [0.1, 0.15) is 295 Å². The maximum absolute atomic E-state index is 2.44. The van der Waals surface area contributed by atoms with Crippen LogP contribution in [0.15, 0.2) is 291 Å². The fourth-order valence-electron chi connectivity index (χ4n) is 15.4. The smallest absolute Gasteiger partial charge is 0.0453 e. The number of benzene rings is 11. The van der Waals surface area contributed by atoms with Gasteiger partial charge in [-0.2, -0.15) is 0 Å². The average Bonchev–Trinajstić information content (AvgIpc) is 0.791. The second kappa shape index (κ2) is 41.3. The van der Waals surface area contributed by atoms with Crippen molar-refractivity contribution < 1.29 is 0 Å². The van der Waals surface area contributed by atoms with Crippen LogP contribution in [0.4, 0.5) is 51.2 Å². The molecule has 0 aliphatic rings. The highest BCUT2D eigenvalue weighted by Gasteiger charge is 2.34. The molecule has 0 aliphatic heterocycles. The predicted octanol–water partition coefficient (Wildman–Crippen LogP) is 34.3. The summed E-state index contributed by atoms with van der Waals surface area (Å²) in [5.74, 6) is 0.546. The maximum atomic E-state index is 2.44. The van der Waals surface area contributed by atoms with E-state index in [0.29, 0.717) is 5.92 Å². The van der Waals surface area contributed by atoms with Gasteiger partial charge < -0.3 is 24.5 Å². The summed E-state index contributed by atoms with van der Waals surface area (Å²) in [6, 6.07) is 104. The molecule has 11 aromatic rings. The van der Waals surface area contributed by atoms with Gasteiger partial charge in [-0.3, -0.25) is 0 Å².